The molecule has 8 heteroatoms. The molecule has 1 aliphatic heterocycles. The second kappa shape index (κ2) is 11.5. The first-order valence-electron chi connectivity index (χ1n) is 12.8. The molecule has 1 aromatic carbocycles. The molecule has 1 saturated heterocycles. The molecule has 182 valence electrons. The van der Waals surface area contributed by atoms with E-state index in [1.165, 1.54) is 56.9 Å². The number of fused-ring (bicyclic) bond motifs is 1. The highest BCUT2D eigenvalue weighted by Gasteiger charge is 2.24. The number of aromatic nitrogens is 4. The van der Waals surface area contributed by atoms with Crippen molar-refractivity contribution in [3.05, 3.63) is 47.5 Å². The van der Waals surface area contributed by atoms with Crippen molar-refractivity contribution in [3.63, 3.8) is 0 Å². The number of nitrogens with one attached hydrogen (secondary N) is 1. The minimum absolute atomic E-state index is 0.277. The van der Waals surface area contributed by atoms with Crippen molar-refractivity contribution in [3.8, 4) is 0 Å². The second-order valence-electron chi connectivity index (χ2n) is 9.68. The molecule has 0 bridgehead atoms. The predicted octanol–water partition coefficient (Wildman–Crippen LogP) is 6.02. The predicted molar refractivity (Wildman–Crippen MR) is 136 cm³/mol. The minimum atomic E-state index is 0.277. The third-order valence-corrected chi connectivity index (χ3v) is 7.42. The summed E-state index contributed by atoms with van der Waals surface area (Å²) in [5.41, 5.74) is 6.40. The lowest BCUT2D eigenvalue weighted by Crippen LogP contribution is -2.38. The van der Waals surface area contributed by atoms with Crippen LogP contribution >= 0.6 is 11.6 Å². The van der Waals surface area contributed by atoms with E-state index in [-0.39, 0.29) is 5.28 Å². The quantitative estimate of drug-likeness (QED) is 0.281. The van der Waals surface area contributed by atoms with Crippen LogP contribution in [0.25, 0.3) is 11.2 Å². The number of hydrogen-bond donors (Lipinski definition) is 1. The highest BCUT2D eigenvalue weighted by molar-refractivity contribution is 6.28. The molecule has 34 heavy (non-hydrogen) atoms. The Morgan fingerprint density at radius 2 is 1.79 bits per heavy atom. The van der Waals surface area contributed by atoms with E-state index in [1.807, 2.05) is 12.4 Å². The SMILES string of the molecule is Clc1nc(NN2CCC(CCCCOCc3ccccc3)CC2)c2ncn(C3CCCC3)c2n1. The van der Waals surface area contributed by atoms with Gasteiger partial charge in [-0.1, -0.05) is 56.0 Å². The van der Waals surface area contributed by atoms with Crippen molar-refractivity contribution in [1.29, 1.82) is 0 Å². The second-order valence-corrected chi connectivity index (χ2v) is 10.0. The van der Waals surface area contributed by atoms with Gasteiger partial charge in [0.25, 0.3) is 0 Å². The van der Waals surface area contributed by atoms with Gasteiger partial charge in [-0.3, -0.25) is 0 Å². The number of hydrazine groups is 1. The number of halogens is 1. The Morgan fingerprint density at radius 1 is 1.00 bits per heavy atom. The van der Waals surface area contributed by atoms with Gasteiger partial charge in [0.1, 0.15) is 0 Å². The van der Waals surface area contributed by atoms with E-state index in [4.69, 9.17) is 16.3 Å². The lowest BCUT2D eigenvalue weighted by atomic mass is 9.92. The molecule has 0 amide bonds. The average Bonchev–Trinajstić information content (AvgIpc) is 3.53. The van der Waals surface area contributed by atoms with E-state index in [0.29, 0.717) is 12.6 Å². The molecular formula is C26H35ClN6O. The van der Waals surface area contributed by atoms with Crippen LogP contribution in [0.2, 0.25) is 5.28 Å². The number of imidazole rings is 1. The lowest BCUT2D eigenvalue weighted by molar-refractivity contribution is 0.114. The number of unbranched alkanes of at least 4 members (excludes halogenated alkanes) is 1. The zero-order valence-electron chi connectivity index (χ0n) is 19.8. The van der Waals surface area contributed by atoms with Crippen LogP contribution in [0.4, 0.5) is 5.82 Å². The summed E-state index contributed by atoms with van der Waals surface area (Å²) in [6, 6.07) is 10.9. The smallest absolute Gasteiger partial charge is 0.226 e. The van der Waals surface area contributed by atoms with Gasteiger partial charge in [-0.05, 0) is 55.2 Å². The van der Waals surface area contributed by atoms with E-state index < -0.39 is 0 Å². The number of piperidine rings is 1. The maximum atomic E-state index is 6.30. The van der Waals surface area contributed by atoms with Gasteiger partial charge >= 0.3 is 0 Å². The van der Waals surface area contributed by atoms with E-state index in [1.54, 1.807) is 0 Å². The molecule has 0 unspecified atom stereocenters. The topological polar surface area (TPSA) is 68.1 Å². The Bertz CT molecular complexity index is 1040. The number of ether oxygens (including phenoxy) is 1. The Balaban J connectivity index is 1.06. The van der Waals surface area contributed by atoms with E-state index in [0.717, 1.165) is 49.0 Å². The molecule has 0 radical (unpaired) electrons. The van der Waals surface area contributed by atoms with Gasteiger partial charge in [-0.25, -0.2) is 9.99 Å². The lowest BCUT2D eigenvalue weighted by Gasteiger charge is -2.32. The number of benzene rings is 1. The van der Waals surface area contributed by atoms with Gasteiger partial charge in [0.2, 0.25) is 5.28 Å². The minimum Gasteiger partial charge on any atom is -0.377 e. The molecule has 0 atom stereocenters. The summed E-state index contributed by atoms with van der Waals surface area (Å²) >= 11 is 6.30. The fraction of sp³-hybridized carbons (Fsp3) is 0.577. The average molecular weight is 483 g/mol. The molecule has 2 fully saturated rings. The first kappa shape index (κ1) is 23.5. The Labute approximate surface area is 206 Å². The number of anilines is 1. The maximum absolute atomic E-state index is 6.30. The highest BCUT2D eigenvalue weighted by Crippen LogP contribution is 2.33. The first-order chi connectivity index (χ1) is 16.8. The van der Waals surface area contributed by atoms with Gasteiger partial charge in [0.05, 0.1) is 12.9 Å². The van der Waals surface area contributed by atoms with Gasteiger partial charge < -0.3 is 14.7 Å². The summed E-state index contributed by atoms with van der Waals surface area (Å²) in [5, 5.41) is 2.53. The van der Waals surface area contributed by atoms with Gasteiger partial charge in [0.15, 0.2) is 17.0 Å². The zero-order valence-corrected chi connectivity index (χ0v) is 20.6. The maximum Gasteiger partial charge on any atom is 0.226 e. The zero-order chi connectivity index (χ0) is 23.2. The van der Waals surface area contributed by atoms with Crippen molar-refractivity contribution in [2.24, 2.45) is 5.92 Å². The van der Waals surface area contributed by atoms with Gasteiger partial charge in [-0.2, -0.15) is 9.97 Å². The summed E-state index contributed by atoms with van der Waals surface area (Å²) in [7, 11) is 0. The molecule has 2 aliphatic rings. The third-order valence-electron chi connectivity index (χ3n) is 7.25. The van der Waals surface area contributed by atoms with Crippen LogP contribution in [0.5, 0.6) is 0 Å². The van der Waals surface area contributed by atoms with Crippen LogP contribution in [-0.4, -0.2) is 44.2 Å². The summed E-state index contributed by atoms with van der Waals surface area (Å²) in [6.07, 6.45) is 12.8. The molecule has 1 saturated carbocycles. The molecule has 5 rings (SSSR count). The summed E-state index contributed by atoms with van der Waals surface area (Å²) in [6.45, 7) is 3.56. The van der Waals surface area contributed by atoms with Crippen LogP contribution in [0, 0.1) is 5.92 Å². The Morgan fingerprint density at radius 3 is 2.59 bits per heavy atom. The van der Waals surface area contributed by atoms with Gasteiger partial charge in [0, 0.05) is 25.7 Å². The molecule has 1 N–H and O–H groups in total. The highest BCUT2D eigenvalue weighted by atomic mass is 35.5. The van der Waals surface area contributed by atoms with Crippen LogP contribution in [0.15, 0.2) is 36.7 Å². The van der Waals surface area contributed by atoms with Gasteiger partial charge in [-0.15, -0.1) is 0 Å². The molecule has 3 heterocycles. The fourth-order valence-electron chi connectivity index (χ4n) is 5.30. The normalized spacial score (nSPS) is 18.1. The van der Waals surface area contributed by atoms with E-state index >= 15 is 0 Å². The van der Waals surface area contributed by atoms with Crippen molar-refractivity contribution in [2.45, 2.75) is 70.4 Å². The summed E-state index contributed by atoms with van der Waals surface area (Å²) < 4.78 is 8.01. The van der Waals surface area contributed by atoms with Crippen molar-refractivity contribution in [1.82, 2.24) is 24.5 Å². The van der Waals surface area contributed by atoms with Crippen LogP contribution in [0.1, 0.15) is 69.4 Å². The summed E-state index contributed by atoms with van der Waals surface area (Å²) in [4.78, 5) is 13.6. The fourth-order valence-corrected chi connectivity index (χ4v) is 5.47. The van der Waals surface area contributed by atoms with Crippen LogP contribution < -0.4 is 5.43 Å². The van der Waals surface area contributed by atoms with Crippen LogP contribution in [-0.2, 0) is 11.3 Å². The first-order valence-corrected chi connectivity index (χ1v) is 13.2. The molecule has 2 aromatic heterocycles. The monoisotopic (exact) mass is 482 g/mol. The van der Waals surface area contributed by atoms with Crippen molar-refractivity contribution < 1.29 is 4.74 Å². The standard InChI is InChI=1S/C26H35ClN6O/c27-26-29-24(23-25(30-26)33(19-28-23)22-11-4-5-12-22)31-32-15-13-20(14-16-32)8-6-7-17-34-18-21-9-2-1-3-10-21/h1-3,9-10,19-20,22H,4-8,11-18H2,(H,29,30,31). The van der Waals surface area contributed by atoms with E-state index in [2.05, 4.69) is 54.2 Å². The van der Waals surface area contributed by atoms with Crippen LogP contribution in [0.3, 0.4) is 0 Å². The summed E-state index contributed by atoms with van der Waals surface area (Å²) in [5.74, 6) is 1.50. The number of hydrogen-bond acceptors (Lipinski definition) is 6. The largest absolute Gasteiger partial charge is 0.377 e. The number of nitrogens with zero attached hydrogens (tertiary/aromatic N) is 5. The molecule has 7 nitrogen and oxygen atoms in total. The third kappa shape index (κ3) is 5.88. The van der Waals surface area contributed by atoms with Crippen molar-refractivity contribution in [2.75, 3.05) is 25.1 Å². The molecule has 3 aromatic rings. The molecule has 1 aliphatic carbocycles. The van der Waals surface area contributed by atoms with E-state index in [9.17, 15) is 0 Å². The molecular weight excluding hydrogens is 448 g/mol. The Hall–Kier alpha value is -2.22. The molecule has 0 spiro atoms. The Kier molecular flexibility index (Phi) is 7.94. The number of rotatable bonds is 10. The van der Waals surface area contributed by atoms with Crippen molar-refractivity contribution >= 4 is 28.6 Å².